The number of rotatable bonds is 3. The fourth-order valence-corrected chi connectivity index (χ4v) is 5.10. The first-order valence-electron chi connectivity index (χ1n) is 10.5. The molecular weight excluding hydrogens is 408 g/mol. The van der Waals surface area contributed by atoms with Gasteiger partial charge in [-0.2, -0.15) is 0 Å². The lowest BCUT2D eigenvalue weighted by Crippen LogP contribution is -2.34. The van der Waals surface area contributed by atoms with Gasteiger partial charge in [-0.05, 0) is 83.3 Å². The van der Waals surface area contributed by atoms with Crippen molar-refractivity contribution in [3.8, 4) is 17.0 Å². The maximum atomic E-state index is 11.9. The minimum atomic E-state index is -0.386. The molecule has 4 rings (SSSR count). The van der Waals surface area contributed by atoms with Gasteiger partial charge in [-0.3, -0.25) is 14.9 Å². The predicted molar refractivity (Wildman–Crippen MR) is 125 cm³/mol. The summed E-state index contributed by atoms with van der Waals surface area (Å²) < 4.78 is 5.63. The standard InChI is InChI=1S/C25H28N2O3S/c1-14-11-17-18(25(4,5)10-9-24(17,2)3)13-16(14)21-19(30-6)8-7-15(26-21)12-20-22(28)27-23(29)31-20/h7-8,11-13H,9-10H2,1-6H3,(H,27,28,29)/b20-12-. The minimum absolute atomic E-state index is 0.0824. The van der Waals surface area contributed by atoms with E-state index in [4.69, 9.17) is 9.72 Å². The van der Waals surface area contributed by atoms with Crippen molar-refractivity contribution >= 4 is 29.0 Å². The van der Waals surface area contributed by atoms with Crippen LogP contribution >= 0.6 is 11.8 Å². The van der Waals surface area contributed by atoms with Crippen molar-refractivity contribution < 1.29 is 14.3 Å². The summed E-state index contributed by atoms with van der Waals surface area (Å²) in [7, 11) is 1.64. The largest absolute Gasteiger partial charge is 0.494 e. The van der Waals surface area contributed by atoms with Gasteiger partial charge >= 0.3 is 0 Å². The van der Waals surface area contributed by atoms with Crippen molar-refractivity contribution in [1.82, 2.24) is 10.3 Å². The fourth-order valence-electron chi connectivity index (χ4n) is 4.43. The number of hydrogen-bond acceptors (Lipinski definition) is 5. The summed E-state index contributed by atoms with van der Waals surface area (Å²) >= 11 is 0.892. The highest BCUT2D eigenvalue weighted by atomic mass is 32.2. The van der Waals surface area contributed by atoms with Crippen LogP contribution in [0, 0.1) is 6.92 Å². The number of methoxy groups -OCH3 is 1. The third-order valence-electron chi connectivity index (χ3n) is 6.47. The first-order chi connectivity index (χ1) is 14.5. The van der Waals surface area contributed by atoms with Crippen molar-refractivity contribution in [3.63, 3.8) is 0 Å². The van der Waals surface area contributed by atoms with Crippen LogP contribution in [0.25, 0.3) is 17.3 Å². The summed E-state index contributed by atoms with van der Waals surface area (Å²) in [5, 5.41) is 1.92. The van der Waals surface area contributed by atoms with E-state index in [1.54, 1.807) is 19.3 Å². The number of nitrogens with one attached hydrogen (secondary N) is 1. The molecule has 1 aliphatic carbocycles. The molecule has 6 heteroatoms. The summed E-state index contributed by atoms with van der Waals surface area (Å²) in [4.78, 5) is 28.6. The van der Waals surface area contributed by atoms with Gasteiger partial charge < -0.3 is 4.74 Å². The number of aromatic nitrogens is 1. The lowest BCUT2D eigenvalue weighted by molar-refractivity contribution is -0.115. The van der Waals surface area contributed by atoms with E-state index in [1.807, 2.05) is 6.07 Å². The number of carbonyl (C=O) groups is 2. The Balaban J connectivity index is 1.87. The van der Waals surface area contributed by atoms with E-state index in [-0.39, 0.29) is 22.0 Å². The van der Waals surface area contributed by atoms with Crippen LogP contribution in [0.2, 0.25) is 0 Å². The summed E-state index contributed by atoms with van der Waals surface area (Å²) in [6.07, 6.45) is 3.94. The third-order valence-corrected chi connectivity index (χ3v) is 7.28. The molecule has 1 fully saturated rings. The van der Waals surface area contributed by atoms with Crippen molar-refractivity contribution in [1.29, 1.82) is 0 Å². The molecule has 0 spiro atoms. The second-order valence-electron chi connectivity index (χ2n) is 9.62. The number of thioether (sulfide) groups is 1. The third kappa shape index (κ3) is 3.89. The molecule has 1 N–H and O–H groups in total. The quantitative estimate of drug-likeness (QED) is 0.622. The second kappa shape index (κ2) is 7.52. The van der Waals surface area contributed by atoms with Gasteiger partial charge in [0, 0.05) is 5.56 Å². The molecule has 5 nitrogen and oxygen atoms in total. The van der Waals surface area contributed by atoms with E-state index < -0.39 is 0 Å². The van der Waals surface area contributed by atoms with Gasteiger partial charge in [0.15, 0.2) is 0 Å². The average Bonchev–Trinajstić information content (AvgIpc) is 3.02. The molecule has 162 valence electrons. The number of benzene rings is 1. The maximum Gasteiger partial charge on any atom is 0.290 e. The number of ether oxygens (including phenoxy) is 1. The molecule has 2 aliphatic rings. The van der Waals surface area contributed by atoms with Crippen molar-refractivity contribution in [2.24, 2.45) is 0 Å². The SMILES string of the molecule is COc1ccc(/C=C2\SC(=O)NC2=O)nc1-c1cc2c(cc1C)C(C)(C)CCC2(C)C. The first-order valence-corrected chi connectivity index (χ1v) is 11.3. The average molecular weight is 437 g/mol. The number of carbonyl (C=O) groups excluding carboxylic acids is 2. The molecule has 1 aromatic carbocycles. The molecular formula is C25H28N2O3S. The van der Waals surface area contributed by atoms with Gasteiger partial charge in [-0.25, -0.2) is 4.98 Å². The monoisotopic (exact) mass is 436 g/mol. The molecule has 0 radical (unpaired) electrons. The molecule has 31 heavy (non-hydrogen) atoms. The van der Waals surface area contributed by atoms with Gasteiger partial charge in [-0.15, -0.1) is 0 Å². The van der Waals surface area contributed by atoms with Crippen LogP contribution < -0.4 is 10.1 Å². The number of imide groups is 1. The van der Waals surface area contributed by atoms with Gasteiger partial charge in [0.2, 0.25) is 0 Å². The zero-order chi connectivity index (χ0) is 22.6. The Morgan fingerprint density at radius 1 is 1.06 bits per heavy atom. The maximum absolute atomic E-state index is 11.9. The topological polar surface area (TPSA) is 68.3 Å². The fraction of sp³-hybridized carbons (Fsp3) is 0.400. The van der Waals surface area contributed by atoms with Gasteiger partial charge in [0.1, 0.15) is 11.4 Å². The van der Waals surface area contributed by atoms with Crippen LogP contribution in [0.15, 0.2) is 29.2 Å². The Labute approximate surface area is 187 Å². The van der Waals surface area contributed by atoms with Crippen molar-refractivity contribution in [2.45, 2.75) is 58.3 Å². The normalized spacial score (nSPS) is 20.5. The molecule has 0 unspecified atom stereocenters. The Kier molecular flexibility index (Phi) is 5.24. The summed E-state index contributed by atoms with van der Waals surface area (Å²) in [5.41, 5.74) is 6.50. The molecule has 0 bridgehead atoms. The van der Waals surface area contributed by atoms with E-state index in [2.05, 4.69) is 52.1 Å². The van der Waals surface area contributed by atoms with Gasteiger partial charge in [-0.1, -0.05) is 33.8 Å². The number of amides is 2. The molecule has 2 aromatic rings. The summed E-state index contributed by atoms with van der Waals surface area (Å²) in [6, 6.07) is 8.24. The zero-order valence-electron chi connectivity index (χ0n) is 18.9. The van der Waals surface area contributed by atoms with Crippen molar-refractivity contribution in [3.05, 3.63) is 51.6 Å². The summed E-state index contributed by atoms with van der Waals surface area (Å²) in [5.74, 6) is 0.292. The van der Waals surface area contributed by atoms with Crippen molar-refractivity contribution in [2.75, 3.05) is 7.11 Å². The van der Waals surface area contributed by atoms with E-state index in [9.17, 15) is 9.59 Å². The van der Waals surface area contributed by atoms with E-state index in [1.165, 1.54) is 11.1 Å². The summed E-state index contributed by atoms with van der Waals surface area (Å²) in [6.45, 7) is 11.4. The highest BCUT2D eigenvalue weighted by molar-refractivity contribution is 8.18. The van der Waals surface area contributed by atoms with E-state index >= 15 is 0 Å². The van der Waals surface area contributed by atoms with Gasteiger partial charge in [0.25, 0.3) is 11.1 Å². The van der Waals surface area contributed by atoms with Crippen LogP contribution in [0.1, 0.15) is 62.9 Å². The minimum Gasteiger partial charge on any atom is -0.494 e. The number of pyridine rings is 1. The van der Waals surface area contributed by atoms with E-state index in [0.717, 1.165) is 41.4 Å². The van der Waals surface area contributed by atoms with Crippen LogP contribution in [-0.4, -0.2) is 23.2 Å². The number of fused-ring (bicyclic) bond motifs is 1. The molecule has 1 aromatic heterocycles. The lowest BCUT2D eigenvalue weighted by Gasteiger charge is -2.42. The predicted octanol–water partition coefficient (Wildman–Crippen LogP) is 5.74. The molecule has 0 saturated carbocycles. The van der Waals surface area contributed by atoms with E-state index in [0.29, 0.717) is 16.3 Å². The number of aryl methyl sites for hydroxylation is 1. The highest BCUT2D eigenvalue weighted by Gasteiger charge is 2.37. The van der Waals surface area contributed by atoms with Crippen LogP contribution in [0.4, 0.5) is 4.79 Å². The first kappa shape index (κ1) is 21.6. The lowest BCUT2D eigenvalue weighted by atomic mass is 9.62. The Morgan fingerprint density at radius 3 is 2.29 bits per heavy atom. The van der Waals surface area contributed by atoms with Crippen LogP contribution in [0.5, 0.6) is 5.75 Å². The molecule has 1 aliphatic heterocycles. The smallest absolute Gasteiger partial charge is 0.290 e. The Hall–Kier alpha value is -2.60. The van der Waals surface area contributed by atoms with Gasteiger partial charge in [0.05, 0.1) is 17.7 Å². The second-order valence-corrected chi connectivity index (χ2v) is 10.6. The molecule has 0 atom stereocenters. The number of hydrogen-bond donors (Lipinski definition) is 1. The number of nitrogens with zero attached hydrogens (tertiary/aromatic N) is 1. The Morgan fingerprint density at radius 2 is 1.71 bits per heavy atom. The molecule has 2 amide bonds. The van der Waals surface area contributed by atoms with Crippen LogP contribution in [-0.2, 0) is 15.6 Å². The molecule has 2 heterocycles. The Bertz CT molecular complexity index is 1130. The van der Waals surface area contributed by atoms with Crippen LogP contribution in [0.3, 0.4) is 0 Å². The molecule has 1 saturated heterocycles. The zero-order valence-corrected chi connectivity index (χ0v) is 19.7. The highest BCUT2D eigenvalue weighted by Crippen LogP contribution is 2.48.